The first kappa shape index (κ1) is 20.2. The summed E-state index contributed by atoms with van der Waals surface area (Å²) in [6, 6.07) is 9.01. The van der Waals surface area contributed by atoms with Gasteiger partial charge < -0.3 is 14.2 Å². The summed E-state index contributed by atoms with van der Waals surface area (Å²) in [6.45, 7) is 1.83. The quantitative estimate of drug-likeness (QED) is 0.595. The maximum atomic E-state index is 13.1. The van der Waals surface area contributed by atoms with E-state index in [1.807, 2.05) is 0 Å². The minimum absolute atomic E-state index is 0.110. The smallest absolute Gasteiger partial charge is 0.421 e. The molecular formula is C20H15ClF3N3O3. The Labute approximate surface area is 174 Å². The molecule has 0 aliphatic carbocycles. The molecule has 10 heteroatoms. The average Bonchev–Trinajstić information content (AvgIpc) is 3.05. The molecule has 2 aromatic heterocycles. The Balaban J connectivity index is 1.49. The van der Waals surface area contributed by atoms with E-state index in [0.29, 0.717) is 22.0 Å². The number of pyridine rings is 1. The molecule has 3 aromatic rings. The molecule has 0 N–H and O–H groups in total. The van der Waals surface area contributed by atoms with Crippen LogP contribution in [0.25, 0.3) is 11.3 Å². The molecule has 30 heavy (non-hydrogen) atoms. The number of aromatic nitrogens is 2. The van der Waals surface area contributed by atoms with Crippen LogP contribution < -0.4 is 4.74 Å². The van der Waals surface area contributed by atoms with Gasteiger partial charge in [-0.15, -0.1) is 0 Å². The van der Waals surface area contributed by atoms with Crippen LogP contribution in [-0.4, -0.2) is 40.1 Å². The van der Waals surface area contributed by atoms with Gasteiger partial charge in [0.05, 0.1) is 18.1 Å². The average molecular weight is 438 g/mol. The van der Waals surface area contributed by atoms with E-state index in [-0.39, 0.29) is 24.6 Å². The summed E-state index contributed by atoms with van der Waals surface area (Å²) in [7, 11) is 0. The van der Waals surface area contributed by atoms with E-state index < -0.39 is 23.7 Å². The molecule has 1 amide bonds. The third-order valence-corrected chi connectivity index (χ3v) is 5.03. The summed E-state index contributed by atoms with van der Waals surface area (Å²) in [5, 5.41) is 4.38. The van der Waals surface area contributed by atoms with E-state index in [1.165, 1.54) is 17.2 Å². The van der Waals surface area contributed by atoms with Crippen molar-refractivity contribution in [3.63, 3.8) is 0 Å². The van der Waals surface area contributed by atoms with Crippen molar-refractivity contribution in [3.05, 3.63) is 64.5 Å². The molecule has 0 spiro atoms. The largest absolute Gasteiger partial charge is 0.470 e. The molecule has 0 radical (unpaired) electrons. The highest BCUT2D eigenvalue weighted by molar-refractivity contribution is 6.33. The maximum absolute atomic E-state index is 13.1. The first-order chi connectivity index (χ1) is 14.3. The van der Waals surface area contributed by atoms with Crippen molar-refractivity contribution in [2.24, 2.45) is 0 Å². The van der Waals surface area contributed by atoms with Gasteiger partial charge in [0.1, 0.15) is 28.7 Å². The fraction of sp³-hybridized carbons (Fsp3) is 0.250. The number of carbonyl (C=O) groups is 1. The van der Waals surface area contributed by atoms with Gasteiger partial charge in [-0.3, -0.25) is 4.79 Å². The van der Waals surface area contributed by atoms with Crippen molar-refractivity contribution in [2.45, 2.75) is 19.2 Å². The van der Waals surface area contributed by atoms with Crippen LogP contribution in [0.2, 0.25) is 5.02 Å². The number of ether oxygens (including phenoxy) is 1. The van der Waals surface area contributed by atoms with Crippen LogP contribution in [-0.2, 0) is 6.18 Å². The number of benzene rings is 1. The number of hydrogen-bond donors (Lipinski definition) is 0. The second-order valence-corrected chi connectivity index (χ2v) is 7.15. The maximum Gasteiger partial charge on any atom is 0.421 e. The van der Waals surface area contributed by atoms with Gasteiger partial charge in [0.15, 0.2) is 0 Å². The van der Waals surface area contributed by atoms with Crippen LogP contribution >= 0.6 is 11.6 Å². The van der Waals surface area contributed by atoms with Gasteiger partial charge in [0.2, 0.25) is 5.88 Å². The van der Waals surface area contributed by atoms with Gasteiger partial charge in [0, 0.05) is 11.8 Å². The highest BCUT2D eigenvalue weighted by Crippen LogP contribution is 2.36. The number of amides is 1. The Morgan fingerprint density at radius 3 is 2.67 bits per heavy atom. The monoisotopic (exact) mass is 437 g/mol. The Morgan fingerprint density at radius 2 is 1.97 bits per heavy atom. The fourth-order valence-electron chi connectivity index (χ4n) is 3.16. The molecule has 0 bridgehead atoms. The van der Waals surface area contributed by atoms with Crippen LogP contribution in [0.1, 0.15) is 21.7 Å². The van der Waals surface area contributed by atoms with Crippen molar-refractivity contribution in [1.29, 1.82) is 0 Å². The molecule has 156 valence electrons. The minimum atomic E-state index is -4.58. The molecule has 0 unspecified atom stereocenters. The highest BCUT2D eigenvalue weighted by atomic mass is 35.5. The number of carbonyl (C=O) groups excluding carboxylic acids is 1. The zero-order valence-corrected chi connectivity index (χ0v) is 16.4. The Morgan fingerprint density at radius 1 is 1.23 bits per heavy atom. The van der Waals surface area contributed by atoms with E-state index in [9.17, 15) is 18.0 Å². The summed E-state index contributed by atoms with van der Waals surface area (Å²) < 4.78 is 49.8. The Hall–Kier alpha value is -3.07. The van der Waals surface area contributed by atoms with E-state index >= 15 is 0 Å². The molecule has 0 saturated carbocycles. The first-order valence-corrected chi connectivity index (χ1v) is 9.33. The van der Waals surface area contributed by atoms with E-state index in [0.717, 1.165) is 6.07 Å². The molecular weight excluding hydrogens is 423 g/mol. The van der Waals surface area contributed by atoms with Crippen molar-refractivity contribution in [3.8, 4) is 17.1 Å². The lowest BCUT2D eigenvalue weighted by Crippen LogP contribution is -2.56. The lowest BCUT2D eigenvalue weighted by atomic mass is 10.0. The minimum Gasteiger partial charge on any atom is -0.470 e. The second-order valence-electron chi connectivity index (χ2n) is 6.75. The van der Waals surface area contributed by atoms with Crippen molar-refractivity contribution in [2.75, 3.05) is 13.1 Å². The fourth-order valence-corrected chi connectivity index (χ4v) is 3.38. The van der Waals surface area contributed by atoms with Crippen LogP contribution in [0.3, 0.4) is 0 Å². The topological polar surface area (TPSA) is 68.5 Å². The zero-order chi connectivity index (χ0) is 21.5. The SMILES string of the molecule is Cc1onc(-c2ccccc2Cl)c1C(=O)N1CC(Oc2ncccc2C(F)(F)F)C1. The molecule has 6 nitrogen and oxygen atoms in total. The number of hydrogen-bond acceptors (Lipinski definition) is 5. The number of alkyl halides is 3. The van der Waals surface area contributed by atoms with E-state index in [2.05, 4.69) is 10.1 Å². The lowest BCUT2D eigenvalue weighted by Gasteiger charge is -2.38. The number of likely N-dealkylation sites (tertiary alicyclic amines) is 1. The Kier molecular flexibility index (Phi) is 5.15. The summed E-state index contributed by atoms with van der Waals surface area (Å²) in [5.74, 6) is -0.538. The van der Waals surface area contributed by atoms with Gasteiger partial charge in [-0.05, 0) is 25.1 Å². The summed E-state index contributed by atoms with van der Waals surface area (Å²) in [5.41, 5.74) is 0.175. The van der Waals surface area contributed by atoms with E-state index in [1.54, 1.807) is 31.2 Å². The number of halogens is 4. The van der Waals surface area contributed by atoms with E-state index in [4.69, 9.17) is 20.9 Å². The van der Waals surface area contributed by atoms with Crippen molar-refractivity contribution >= 4 is 17.5 Å². The summed E-state index contributed by atoms with van der Waals surface area (Å²) >= 11 is 6.21. The third kappa shape index (κ3) is 3.72. The van der Waals surface area contributed by atoms with Gasteiger partial charge in [-0.25, -0.2) is 4.98 Å². The van der Waals surface area contributed by atoms with Crippen LogP contribution in [0.4, 0.5) is 13.2 Å². The summed E-state index contributed by atoms with van der Waals surface area (Å²) in [4.78, 5) is 18.1. The first-order valence-electron chi connectivity index (χ1n) is 8.95. The number of rotatable bonds is 4. The molecule has 1 fully saturated rings. The molecule has 1 saturated heterocycles. The van der Waals surface area contributed by atoms with Gasteiger partial charge in [-0.2, -0.15) is 13.2 Å². The number of aryl methyl sites for hydroxylation is 1. The molecule has 0 atom stereocenters. The van der Waals surface area contributed by atoms with Gasteiger partial charge >= 0.3 is 6.18 Å². The van der Waals surface area contributed by atoms with Gasteiger partial charge in [-0.1, -0.05) is 35.0 Å². The van der Waals surface area contributed by atoms with Crippen molar-refractivity contribution in [1.82, 2.24) is 15.0 Å². The predicted molar refractivity (Wildman–Crippen MR) is 101 cm³/mol. The van der Waals surface area contributed by atoms with Gasteiger partial charge in [0.25, 0.3) is 5.91 Å². The standard InChI is InChI=1S/C20H15ClF3N3O3/c1-11-16(17(26-30-11)13-5-2-3-7-15(13)21)19(28)27-9-12(10-27)29-18-14(20(22,23)24)6-4-8-25-18/h2-8,12H,9-10H2,1H3. The zero-order valence-electron chi connectivity index (χ0n) is 15.6. The second kappa shape index (κ2) is 7.64. The predicted octanol–water partition coefficient (Wildman–Crippen LogP) is 4.62. The van der Waals surface area contributed by atoms with Crippen LogP contribution in [0.15, 0.2) is 47.1 Å². The Bertz CT molecular complexity index is 1090. The molecule has 3 heterocycles. The lowest BCUT2D eigenvalue weighted by molar-refractivity contribution is -0.140. The number of nitrogens with zero attached hydrogens (tertiary/aromatic N) is 3. The third-order valence-electron chi connectivity index (χ3n) is 4.70. The molecule has 4 rings (SSSR count). The normalized spacial score (nSPS) is 14.5. The summed E-state index contributed by atoms with van der Waals surface area (Å²) in [6.07, 6.45) is -3.96. The molecule has 1 aliphatic heterocycles. The molecule has 1 aliphatic rings. The highest BCUT2D eigenvalue weighted by Gasteiger charge is 2.39. The van der Waals surface area contributed by atoms with Crippen LogP contribution in [0, 0.1) is 6.92 Å². The van der Waals surface area contributed by atoms with Crippen LogP contribution in [0.5, 0.6) is 5.88 Å². The molecule has 1 aromatic carbocycles. The van der Waals surface area contributed by atoms with Crippen molar-refractivity contribution < 1.29 is 27.2 Å².